The minimum Gasteiger partial charge on any atom is -0.444 e. The number of esters is 2. The molecule has 8 nitrogen and oxygen atoms in total. The van der Waals surface area contributed by atoms with Crippen molar-refractivity contribution in [2.75, 3.05) is 26.2 Å². The summed E-state index contributed by atoms with van der Waals surface area (Å²) < 4.78 is 29.6. The standard InChI is InChI=1S/C27H29NO7/c1-2-31-26(20-8-4-3-5-9-20)14-17-28(18-15-26)19-16-27-25(33-23(29)12-13-24(30)35-27)32-21-10-6-7-11-22(21)34-27/h3-13,25H,2,14-19H2,1H3/b13-12-. The lowest BCUT2D eigenvalue weighted by Crippen LogP contribution is -2.59. The Bertz CT molecular complexity index is 1090. The first-order valence-corrected chi connectivity index (χ1v) is 12.0. The molecule has 1 fully saturated rings. The lowest BCUT2D eigenvalue weighted by atomic mass is 9.84. The average molecular weight is 480 g/mol. The maximum atomic E-state index is 12.4. The Hall–Kier alpha value is -3.36. The molecule has 1 saturated heterocycles. The first-order chi connectivity index (χ1) is 17.0. The third-order valence-electron chi connectivity index (χ3n) is 6.74. The van der Waals surface area contributed by atoms with Gasteiger partial charge in [0, 0.05) is 44.8 Å². The quantitative estimate of drug-likeness (QED) is 0.582. The minimum atomic E-state index is -1.60. The van der Waals surface area contributed by atoms with Gasteiger partial charge in [0.15, 0.2) is 11.5 Å². The number of carbonyl (C=O) groups is 2. The van der Waals surface area contributed by atoms with Crippen molar-refractivity contribution in [3.63, 3.8) is 0 Å². The van der Waals surface area contributed by atoms with Crippen LogP contribution in [0.25, 0.3) is 0 Å². The predicted octanol–water partition coefficient (Wildman–Crippen LogP) is 3.55. The highest BCUT2D eigenvalue weighted by atomic mass is 16.8. The van der Waals surface area contributed by atoms with Crippen molar-refractivity contribution in [1.29, 1.82) is 0 Å². The van der Waals surface area contributed by atoms with Gasteiger partial charge in [-0.15, -0.1) is 0 Å². The Morgan fingerprint density at radius 3 is 2.31 bits per heavy atom. The van der Waals surface area contributed by atoms with Crippen molar-refractivity contribution in [3.8, 4) is 11.5 Å². The lowest BCUT2D eigenvalue weighted by Gasteiger charge is -2.45. The molecule has 0 radical (unpaired) electrons. The lowest BCUT2D eigenvalue weighted by molar-refractivity contribution is -0.294. The molecule has 3 heterocycles. The summed E-state index contributed by atoms with van der Waals surface area (Å²) in [4.78, 5) is 26.9. The summed E-state index contributed by atoms with van der Waals surface area (Å²) in [6.45, 7) is 4.79. The fraction of sp³-hybridized carbons (Fsp3) is 0.407. The molecule has 184 valence electrons. The van der Waals surface area contributed by atoms with Gasteiger partial charge in [0.2, 0.25) is 0 Å². The van der Waals surface area contributed by atoms with E-state index in [0.717, 1.165) is 38.1 Å². The van der Waals surface area contributed by atoms with E-state index in [9.17, 15) is 9.59 Å². The van der Waals surface area contributed by atoms with Crippen LogP contribution in [0.15, 0.2) is 66.7 Å². The zero-order valence-corrected chi connectivity index (χ0v) is 19.7. The van der Waals surface area contributed by atoms with Crippen LogP contribution in [0.4, 0.5) is 0 Å². The van der Waals surface area contributed by atoms with Gasteiger partial charge in [-0.3, -0.25) is 0 Å². The molecule has 5 rings (SSSR count). The maximum absolute atomic E-state index is 12.4. The van der Waals surface area contributed by atoms with Crippen LogP contribution in [-0.4, -0.2) is 55.2 Å². The van der Waals surface area contributed by atoms with Crippen LogP contribution in [0, 0.1) is 0 Å². The third kappa shape index (κ3) is 4.76. The van der Waals surface area contributed by atoms with Gasteiger partial charge in [0.1, 0.15) is 0 Å². The molecule has 2 aromatic rings. The van der Waals surface area contributed by atoms with E-state index in [1.807, 2.05) is 25.1 Å². The average Bonchev–Trinajstić information content (AvgIpc) is 2.87. The first kappa shape index (κ1) is 23.4. The molecule has 35 heavy (non-hydrogen) atoms. The highest BCUT2D eigenvalue weighted by Gasteiger charge is 2.54. The summed E-state index contributed by atoms with van der Waals surface area (Å²) in [5.41, 5.74) is 0.873. The Labute approximate surface area is 204 Å². The van der Waals surface area contributed by atoms with Crippen molar-refractivity contribution in [2.45, 2.75) is 43.9 Å². The number of nitrogens with zero attached hydrogens (tertiary/aromatic N) is 1. The molecule has 2 aromatic carbocycles. The molecule has 2 unspecified atom stereocenters. The van der Waals surface area contributed by atoms with E-state index in [4.69, 9.17) is 23.7 Å². The van der Waals surface area contributed by atoms with Crippen LogP contribution in [0.3, 0.4) is 0 Å². The number of piperidine rings is 1. The fourth-order valence-corrected chi connectivity index (χ4v) is 4.95. The Kier molecular flexibility index (Phi) is 6.49. The van der Waals surface area contributed by atoms with E-state index >= 15 is 0 Å². The number of likely N-dealkylation sites (tertiary alicyclic amines) is 1. The normalized spacial score (nSPS) is 26.5. The van der Waals surface area contributed by atoms with Crippen molar-refractivity contribution in [3.05, 3.63) is 72.3 Å². The number of para-hydroxylation sites is 2. The van der Waals surface area contributed by atoms with Crippen LogP contribution >= 0.6 is 0 Å². The van der Waals surface area contributed by atoms with Crippen LogP contribution in [0.1, 0.15) is 31.7 Å². The highest BCUT2D eigenvalue weighted by molar-refractivity contribution is 5.92. The first-order valence-electron chi connectivity index (χ1n) is 12.0. The molecule has 0 saturated carbocycles. The van der Waals surface area contributed by atoms with Gasteiger partial charge in [0.25, 0.3) is 0 Å². The second kappa shape index (κ2) is 9.71. The zero-order valence-electron chi connectivity index (χ0n) is 19.7. The van der Waals surface area contributed by atoms with Gasteiger partial charge in [0.05, 0.1) is 5.60 Å². The summed E-state index contributed by atoms with van der Waals surface area (Å²) in [5.74, 6) is -2.13. The third-order valence-corrected chi connectivity index (χ3v) is 6.74. The second-order valence-corrected chi connectivity index (χ2v) is 8.89. The summed E-state index contributed by atoms with van der Waals surface area (Å²) in [5, 5.41) is 0. The van der Waals surface area contributed by atoms with Gasteiger partial charge in [-0.25, -0.2) is 9.59 Å². The van der Waals surface area contributed by atoms with Crippen molar-refractivity contribution >= 4 is 11.9 Å². The van der Waals surface area contributed by atoms with E-state index in [1.54, 1.807) is 24.3 Å². The van der Waals surface area contributed by atoms with Crippen molar-refractivity contribution in [2.24, 2.45) is 0 Å². The van der Waals surface area contributed by atoms with E-state index in [2.05, 4.69) is 17.0 Å². The number of hydrogen-bond acceptors (Lipinski definition) is 8. The molecule has 0 amide bonds. The topological polar surface area (TPSA) is 83.5 Å². The monoisotopic (exact) mass is 479 g/mol. The molecule has 3 aliphatic rings. The van der Waals surface area contributed by atoms with E-state index < -0.39 is 24.0 Å². The van der Waals surface area contributed by atoms with Crippen LogP contribution < -0.4 is 9.47 Å². The number of ether oxygens (including phenoxy) is 5. The number of benzene rings is 2. The zero-order chi connectivity index (χ0) is 24.3. The smallest absolute Gasteiger partial charge is 0.334 e. The molecular weight excluding hydrogens is 450 g/mol. The van der Waals surface area contributed by atoms with Gasteiger partial charge >= 0.3 is 24.0 Å². The van der Waals surface area contributed by atoms with Crippen LogP contribution in [0.5, 0.6) is 11.5 Å². The molecule has 8 heteroatoms. The van der Waals surface area contributed by atoms with Gasteiger partial charge in [-0.1, -0.05) is 42.5 Å². The summed E-state index contributed by atoms with van der Waals surface area (Å²) in [6, 6.07) is 17.4. The number of hydrogen-bond donors (Lipinski definition) is 0. The molecule has 0 N–H and O–H groups in total. The minimum absolute atomic E-state index is 0.256. The number of fused-ring (bicyclic) bond motifs is 2. The largest absolute Gasteiger partial charge is 0.444 e. The molecule has 0 spiro atoms. The van der Waals surface area contributed by atoms with E-state index in [0.29, 0.717) is 24.7 Å². The van der Waals surface area contributed by atoms with Gasteiger partial charge < -0.3 is 28.6 Å². The number of carbonyl (C=O) groups excluding carboxylic acids is 2. The molecule has 0 aromatic heterocycles. The Morgan fingerprint density at radius 2 is 1.57 bits per heavy atom. The Morgan fingerprint density at radius 1 is 0.886 bits per heavy atom. The van der Waals surface area contributed by atoms with Gasteiger partial charge in [-0.05, 0) is 37.5 Å². The van der Waals surface area contributed by atoms with Crippen molar-refractivity contribution in [1.82, 2.24) is 4.90 Å². The predicted molar refractivity (Wildman–Crippen MR) is 126 cm³/mol. The highest BCUT2D eigenvalue weighted by Crippen LogP contribution is 2.42. The molecule has 0 aliphatic carbocycles. The molecule has 2 atom stereocenters. The molecular formula is C27H29NO7. The summed E-state index contributed by atoms with van der Waals surface area (Å²) in [7, 11) is 0. The van der Waals surface area contributed by atoms with E-state index in [-0.39, 0.29) is 12.0 Å². The van der Waals surface area contributed by atoms with E-state index in [1.165, 1.54) is 5.56 Å². The summed E-state index contributed by atoms with van der Waals surface area (Å²) >= 11 is 0. The molecule has 3 aliphatic heterocycles. The van der Waals surface area contributed by atoms with Gasteiger partial charge in [-0.2, -0.15) is 0 Å². The second-order valence-electron chi connectivity index (χ2n) is 8.89. The number of rotatable bonds is 6. The fourth-order valence-electron chi connectivity index (χ4n) is 4.95. The molecule has 0 bridgehead atoms. The Balaban J connectivity index is 1.33. The van der Waals surface area contributed by atoms with Crippen LogP contribution in [-0.2, 0) is 29.4 Å². The SMILES string of the molecule is CCOC1(c2ccccc2)CCN(CCC23OC(=O)/C=C\C(=O)OC2Oc2ccccc2O3)CC1. The van der Waals surface area contributed by atoms with Crippen molar-refractivity contribution < 1.29 is 33.3 Å². The maximum Gasteiger partial charge on any atom is 0.334 e. The summed E-state index contributed by atoms with van der Waals surface area (Å²) in [6.07, 6.45) is 2.76. The van der Waals surface area contributed by atoms with Crippen LogP contribution in [0.2, 0.25) is 0 Å².